The summed E-state index contributed by atoms with van der Waals surface area (Å²) >= 11 is 0. The lowest BCUT2D eigenvalue weighted by Gasteiger charge is -2.19. The first-order chi connectivity index (χ1) is 11.3. The van der Waals surface area contributed by atoms with Gasteiger partial charge in [0.25, 0.3) is 0 Å². The van der Waals surface area contributed by atoms with Crippen LogP contribution in [0.25, 0.3) is 0 Å². The summed E-state index contributed by atoms with van der Waals surface area (Å²) < 4.78 is 10.6. The van der Waals surface area contributed by atoms with Crippen LogP contribution in [0, 0.1) is 0 Å². The quantitative estimate of drug-likeness (QED) is 0.670. The highest BCUT2D eigenvalue weighted by molar-refractivity contribution is 7.79. The van der Waals surface area contributed by atoms with Crippen LogP contribution in [0.4, 0.5) is 0 Å². The van der Waals surface area contributed by atoms with Crippen molar-refractivity contribution in [1.82, 2.24) is 0 Å². The van der Waals surface area contributed by atoms with Gasteiger partial charge in [0.15, 0.2) is 0 Å². The molecule has 0 saturated carbocycles. The molecule has 3 heteroatoms. The van der Waals surface area contributed by atoms with Crippen molar-refractivity contribution >= 4 is 23.8 Å². The largest absolute Gasteiger partial charge is 0.497 e. The molecule has 3 rings (SSSR count). The second-order valence-corrected chi connectivity index (χ2v) is 7.29. The second-order valence-electron chi connectivity index (χ2n) is 5.07. The Morgan fingerprint density at radius 2 is 0.913 bits per heavy atom. The van der Waals surface area contributed by atoms with E-state index in [0.717, 1.165) is 11.5 Å². The fourth-order valence-corrected chi connectivity index (χ4v) is 4.75. The van der Waals surface area contributed by atoms with Crippen LogP contribution in [0.2, 0.25) is 0 Å². The Bertz CT molecular complexity index is 689. The molecule has 0 aliphatic carbocycles. The zero-order chi connectivity index (χ0) is 16.1. The molecule has 0 spiro atoms. The molecule has 0 bridgehead atoms. The molecular weight excluding hydrogens is 303 g/mol. The zero-order valence-electron chi connectivity index (χ0n) is 13.3. The molecule has 0 aromatic heterocycles. The molecule has 116 valence electrons. The number of rotatable bonds is 5. The van der Waals surface area contributed by atoms with Gasteiger partial charge in [0.1, 0.15) is 11.5 Å². The van der Waals surface area contributed by atoms with Crippen molar-refractivity contribution in [3.8, 4) is 11.5 Å². The number of ether oxygens (including phenoxy) is 2. The van der Waals surface area contributed by atoms with Crippen molar-refractivity contribution in [1.29, 1.82) is 0 Å². The van der Waals surface area contributed by atoms with Crippen LogP contribution in [-0.4, -0.2) is 14.2 Å². The first kappa shape index (κ1) is 15.6. The van der Waals surface area contributed by atoms with Gasteiger partial charge in [-0.15, -0.1) is 0 Å². The Hall–Kier alpha value is -2.31. The maximum absolute atomic E-state index is 5.28. The van der Waals surface area contributed by atoms with Gasteiger partial charge in [-0.25, -0.2) is 0 Å². The standard InChI is InChI=1S/C20H19O2P/c1-21-16-8-12-19(13-9-16)23(18-6-4-3-5-7-18)20-14-10-17(22-2)11-15-20/h3-15H,1-2H3. The molecule has 3 aromatic rings. The Labute approximate surface area is 138 Å². The van der Waals surface area contributed by atoms with Crippen LogP contribution in [0.5, 0.6) is 11.5 Å². The van der Waals surface area contributed by atoms with Crippen LogP contribution < -0.4 is 25.4 Å². The monoisotopic (exact) mass is 322 g/mol. The number of benzene rings is 3. The molecule has 0 saturated heterocycles. The molecule has 0 N–H and O–H groups in total. The summed E-state index contributed by atoms with van der Waals surface area (Å²) in [5.41, 5.74) is 0. The summed E-state index contributed by atoms with van der Waals surface area (Å²) in [4.78, 5) is 0. The van der Waals surface area contributed by atoms with Crippen molar-refractivity contribution in [2.45, 2.75) is 0 Å². The van der Waals surface area contributed by atoms with Gasteiger partial charge in [0, 0.05) is 0 Å². The molecule has 2 nitrogen and oxygen atoms in total. The van der Waals surface area contributed by atoms with E-state index >= 15 is 0 Å². The fourth-order valence-electron chi connectivity index (χ4n) is 2.49. The lowest BCUT2D eigenvalue weighted by atomic mass is 10.3. The van der Waals surface area contributed by atoms with Crippen LogP contribution in [0.1, 0.15) is 0 Å². The Balaban J connectivity index is 2.05. The van der Waals surface area contributed by atoms with Crippen LogP contribution in [0.3, 0.4) is 0 Å². The van der Waals surface area contributed by atoms with Gasteiger partial charge in [0.05, 0.1) is 14.2 Å². The third kappa shape index (κ3) is 3.55. The SMILES string of the molecule is COc1ccc(P(c2ccccc2)c2ccc(OC)cc2)cc1. The molecule has 0 heterocycles. The summed E-state index contributed by atoms with van der Waals surface area (Å²) in [5.74, 6) is 1.76. The summed E-state index contributed by atoms with van der Waals surface area (Å²) in [7, 11) is 2.79. The highest BCUT2D eigenvalue weighted by Gasteiger charge is 2.16. The Morgan fingerprint density at radius 3 is 1.30 bits per heavy atom. The van der Waals surface area contributed by atoms with E-state index in [4.69, 9.17) is 9.47 Å². The van der Waals surface area contributed by atoms with E-state index in [0.29, 0.717) is 0 Å². The van der Waals surface area contributed by atoms with Gasteiger partial charge in [-0.1, -0.05) is 54.6 Å². The topological polar surface area (TPSA) is 18.5 Å². The van der Waals surface area contributed by atoms with Gasteiger partial charge >= 0.3 is 0 Å². The van der Waals surface area contributed by atoms with E-state index in [-0.39, 0.29) is 0 Å². The first-order valence-electron chi connectivity index (χ1n) is 7.45. The molecular formula is C20H19O2P. The average Bonchev–Trinajstić information content (AvgIpc) is 2.64. The van der Waals surface area contributed by atoms with E-state index in [1.54, 1.807) is 14.2 Å². The first-order valence-corrected chi connectivity index (χ1v) is 8.79. The third-order valence-corrected chi connectivity index (χ3v) is 6.12. The van der Waals surface area contributed by atoms with E-state index in [1.165, 1.54) is 15.9 Å². The molecule has 0 atom stereocenters. The van der Waals surface area contributed by atoms with E-state index in [1.807, 2.05) is 24.3 Å². The molecule has 0 radical (unpaired) electrons. The number of hydrogen-bond acceptors (Lipinski definition) is 2. The number of methoxy groups -OCH3 is 2. The molecule has 0 aliphatic rings. The van der Waals surface area contributed by atoms with E-state index in [2.05, 4.69) is 54.6 Å². The smallest absolute Gasteiger partial charge is 0.118 e. The normalized spacial score (nSPS) is 10.6. The van der Waals surface area contributed by atoms with E-state index < -0.39 is 7.92 Å². The molecule has 3 aromatic carbocycles. The predicted molar refractivity (Wildman–Crippen MR) is 98.3 cm³/mol. The van der Waals surface area contributed by atoms with Crippen LogP contribution in [0.15, 0.2) is 78.9 Å². The Morgan fingerprint density at radius 1 is 0.522 bits per heavy atom. The minimum atomic E-state index is -0.592. The van der Waals surface area contributed by atoms with Crippen molar-refractivity contribution in [3.63, 3.8) is 0 Å². The minimum absolute atomic E-state index is 0.592. The van der Waals surface area contributed by atoms with Gasteiger partial charge < -0.3 is 9.47 Å². The second kappa shape index (κ2) is 7.30. The summed E-state index contributed by atoms with van der Waals surface area (Å²) in [6.45, 7) is 0. The van der Waals surface area contributed by atoms with Crippen molar-refractivity contribution in [2.24, 2.45) is 0 Å². The zero-order valence-corrected chi connectivity index (χ0v) is 14.2. The number of hydrogen-bond donors (Lipinski definition) is 0. The maximum atomic E-state index is 5.28. The van der Waals surface area contributed by atoms with Crippen LogP contribution in [-0.2, 0) is 0 Å². The van der Waals surface area contributed by atoms with Gasteiger partial charge in [-0.2, -0.15) is 0 Å². The predicted octanol–water partition coefficient (Wildman–Crippen LogP) is 3.46. The summed E-state index contributed by atoms with van der Waals surface area (Å²) in [6, 6.07) is 27.4. The van der Waals surface area contributed by atoms with Crippen molar-refractivity contribution in [2.75, 3.05) is 14.2 Å². The van der Waals surface area contributed by atoms with E-state index in [9.17, 15) is 0 Å². The fraction of sp³-hybridized carbons (Fsp3) is 0.100. The summed E-state index contributed by atoms with van der Waals surface area (Å²) in [5, 5.41) is 3.94. The molecule has 0 amide bonds. The molecule has 0 unspecified atom stereocenters. The molecule has 0 aliphatic heterocycles. The lowest BCUT2D eigenvalue weighted by molar-refractivity contribution is 0.415. The molecule has 0 fully saturated rings. The van der Waals surface area contributed by atoms with Crippen molar-refractivity contribution < 1.29 is 9.47 Å². The van der Waals surface area contributed by atoms with Gasteiger partial charge in [-0.3, -0.25) is 0 Å². The minimum Gasteiger partial charge on any atom is -0.497 e. The maximum Gasteiger partial charge on any atom is 0.118 e. The third-order valence-electron chi connectivity index (χ3n) is 3.68. The van der Waals surface area contributed by atoms with Gasteiger partial charge in [0.2, 0.25) is 0 Å². The Kier molecular flexibility index (Phi) is 4.95. The highest BCUT2D eigenvalue weighted by Crippen LogP contribution is 2.33. The lowest BCUT2D eigenvalue weighted by Crippen LogP contribution is -2.20. The van der Waals surface area contributed by atoms with Crippen LogP contribution >= 0.6 is 7.92 Å². The van der Waals surface area contributed by atoms with Gasteiger partial charge in [-0.05, 0) is 48.1 Å². The molecule has 23 heavy (non-hydrogen) atoms. The highest BCUT2D eigenvalue weighted by atomic mass is 31.1. The van der Waals surface area contributed by atoms with Crippen molar-refractivity contribution in [3.05, 3.63) is 78.9 Å². The summed E-state index contributed by atoms with van der Waals surface area (Å²) in [6.07, 6.45) is 0. The average molecular weight is 322 g/mol.